The van der Waals surface area contributed by atoms with Gasteiger partial charge in [0.15, 0.2) is 6.10 Å². The van der Waals surface area contributed by atoms with Gasteiger partial charge in [0.2, 0.25) is 5.78 Å². The molecule has 0 radical (unpaired) electrons. The molecule has 0 N–H and O–H groups in total. The minimum atomic E-state index is -0.609. The van der Waals surface area contributed by atoms with Gasteiger partial charge >= 0.3 is 0 Å². The summed E-state index contributed by atoms with van der Waals surface area (Å²) in [7, 11) is 0. The fourth-order valence-corrected chi connectivity index (χ4v) is 1.90. The third-order valence-electron chi connectivity index (χ3n) is 3.29. The van der Waals surface area contributed by atoms with Crippen molar-refractivity contribution >= 4 is 5.78 Å². The maximum atomic E-state index is 12.8. The highest BCUT2D eigenvalue weighted by atomic mass is 19.1. The van der Waals surface area contributed by atoms with E-state index < -0.39 is 6.10 Å². The van der Waals surface area contributed by atoms with Gasteiger partial charge in [0.1, 0.15) is 11.6 Å². The lowest BCUT2D eigenvalue weighted by Gasteiger charge is -2.14. The fraction of sp³-hybridized carbons (Fsp3) is 0.235. The van der Waals surface area contributed by atoms with E-state index in [1.54, 1.807) is 13.0 Å². The zero-order chi connectivity index (χ0) is 14.7. The summed E-state index contributed by atoms with van der Waals surface area (Å²) in [5.41, 5.74) is 2.85. The molecule has 2 nitrogen and oxygen atoms in total. The van der Waals surface area contributed by atoms with Crippen LogP contribution in [0.3, 0.4) is 0 Å². The Kier molecular flexibility index (Phi) is 4.18. The van der Waals surface area contributed by atoms with Crippen molar-refractivity contribution in [2.75, 3.05) is 0 Å². The monoisotopic (exact) mass is 272 g/mol. The van der Waals surface area contributed by atoms with Crippen LogP contribution >= 0.6 is 0 Å². The van der Waals surface area contributed by atoms with Gasteiger partial charge in [-0.3, -0.25) is 4.79 Å². The molecule has 0 aliphatic heterocycles. The molecule has 1 atom stereocenters. The first-order valence-corrected chi connectivity index (χ1v) is 6.51. The van der Waals surface area contributed by atoms with Gasteiger partial charge < -0.3 is 4.74 Å². The molecule has 2 aromatic carbocycles. The van der Waals surface area contributed by atoms with E-state index >= 15 is 0 Å². The molecule has 0 saturated carbocycles. The van der Waals surface area contributed by atoms with E-state index in [0.29, 0.717) is 11.3 Å². The van der Waals surface area contributed by atoms with Crippen molar-refractivity contribution in [2.24, 2.45) is 0 Å². The topological polar surface area (TPSA) is 26.3 Å². The van der Waals surface area contributed by atoms with E-state index in [2.05, 4.69) is 0 Å². The molecule has 0 aromatic heterocycles. The summed E-state index contributed by atoms with van der Waals surface area (Å²) >= 11 is 0. The number of ether oxygens (including phenoxy) is 1. The van der Waals surface area contributed by atoms with Crippen LogP contribution in [0.2, 0.25) is 0 Å². The SMILES string of the molecule is Cc1ccc(C(=O)C(C)Oc2ccc(F)cc2)cc1C. The van der Waals surface area contributed by atoms with Crippen LogP contribution in [0.25, 0.3) is 0 Å². The Morgan fingerprint density at radius 1 is 1.05 bits per heavy atom. The Hall–Kier alpha value is -2.16. The van der Waals surface area contributed by atoms with Crippen LogP contribution in [0.15, 0.2) is 42.5 Å². The quantitative estimate of drug-likeness (QED) is 0.783. The highest BCUT2D eigenvalue weighted by Crippen LogP contribution is 2.17. The minimum absolute atomic E-state index is 0.0857. The van der Waals surface area contributed by atoms with E-state index in [-0.39, 0.29) is 11.6 Å². The lowest BCUT2D eigenvalue weighted by molar-refractivity contribution is 0.0818. The van der Waals surface area contributed by atoms with Gasteiger partial charge in [-0.1, -0.05) is 12.1 Å². The number of hydrogen-bond donors (Lipinski definition) is 0. The number of benzene rings is 2. The van der Waals surface area contributed by atoms with Crippen molar-refractivity contribution in [2.45, 2.75) is 26.9 Å². The van der Waals surface area contributed by atoms with Gasteiger partial charge in [-0.05, 0) is 62.2 Å². The molecule has 2 rings (SSSR count). The third kappa shape index (κ3) is 3.23. The summed E-state index contributed by atoms with van der Waals surface area (Å²) in [5.74, 6) is 0.0685. The molecule has 0 amide bonds. The number of ketones is 1. The molecule has 0 fully saturated rings. The standard InChI is InChI=1S/C17H17FO2/c1-11-4-5-14(10-12(11)2)17(19)13(3)20-16-8-6-15(18)7-9-16/h4-10,13H,1-3H3. The lowest BCUT2D eigenvalue weighted by atomic mass is 10.0. The highest BCUT2D eigenvalue weighted by molar-refractivity contribution is 5.99. The largest absolute Gasteiger partial charge is 0.483 e. The van der Waals surface area contributed by atoms with Crippen molar-refractivity contribution in [3.63, 3.8) is 0 Å². The van der Waals surface area contributed by atoms with Gasteiger partial charge in [-0.25, -0.2) is 4.39 Å². The van der Waals surface area contributed by atoms with Gasteiger partial charge in [-0.15, -0.1) is 0 Å². The molecule has 0 saturated heterocycles. The maximum absolute atomic E-state index is 12.8. The molecule has 3 heteroatoms. The molecule has 0 spiro atoms. The summed E-state index contributed by atoms with van der Waals surface area (Å²) in [6.45, 7) is 5.67. The third-order valence-corrected chi connectivity index (χ3v) is 3.29. The number of hydrogen-bond acceptors (Lipinski definition) is 2. The van der Waals surface area contributed by atoms with E-state index in [1.807, 2.05) is 26.0 Å². The maximum Gasteiger partial charge on any atom is 0.203 e. The van der Waals surface area contributed by atoms with Crippen molar-refractivity contribution in [3.8, 4) is 5.75 Å². The second kappa shape index (κ2) is 5.87. The summed E-state index contributed by atoms with van der Waals surface area (Å²) < 4.78 is 18.3. The van der Waals surface area contributed by atoms with Crippen molar-refractivity contribution in [1.82, 2.24) is 0 Å². The van der Waals surface area contributed by atoms with Gasteiger partial charge in [0, 0.05) is 5.56 Å². The van der Waals surface area contributed by atoms with Crippen LogP contribution in [-0.4, -0.2) is 11.9 Å². The molecule has 1 unspecified atom stereocenters. The zero-order valence-corrected chi connectivity index (χ0v) is 11.8. The molecular formula is C17H17FO2. The first kappa shape index (κ1) is 14.3. The molecule has 20 heavy (non-hydrogen) atoms. The average molecular weight is 272 g/mol. The number of halogens is 1. The molecule has 0 aliphatic carbocycles. The van der Waals surface area contributed by atoms with Crippen LogP contribution in [0.4, 0.5) is 4.39 Å². The van der Waals surface area contributed by atoms with E-state index in [4.69, 9.17) is 4.74 Å². The number of rotatable bonds is 4. The van der Waals surface area contributed by atoms with Crippen molar-refractivity contribution in [3.05, 3.63) is 65.0 Å². The first-order chi connectivity index (χ1) is 9.47. The highest BCUT2D eigenvalue weighted by Gasteiger charge is 2.17. The Balaban J connectivity index is 2.11. The predicted octanol–water partition coefficient (Wildman–Crippen LogP) is 4.09. The Labute approximate surface area is 118 Å². The number of carbonyl (C=O) groups excluding carboxylic acids is 1. The first-order valence-electron chi connectivity index (χ1n) is 6.51. The Morgan fingerprint density at radius 3 is 2.30 bits per heavy atom. The van der Waals surface area contributed by atoms with E-state index in [0.717, 1.165) is 11.1 Å². The van der Waals surface area contributed by atoms with E-state index in [9.17, 15) is 9.18 Å². The average Bonchev–Trinajstić information content (AvgIpc) is 2.43. The van der Waals surface area contributed by atoms with Crippen LogP contribution in [-0.2, 0) is 0 Å². The smallest absolute Gasteiger partial charge is 0.203 e. The molecule has 0 heterocycles. The van der Waals surface area contributed by atoms with Gasteiger partial charge in [-0.2, -0.15) is 0 Å². The van der Waals surface area contributed by atoms with Crippen molar-refractivity contribution < 1.29 is 13.9 Å². The Bertz CT molecular complexity index is 617. The molecule has 0 aliphatic rings. The normalized spacial score (nSPS) is 12.0. The number of Topliss-reactive ketones (excluding diaryl/α,β-unsaturated/α-hetero) is 1. The molecule has 0 bridgehead atoms. The molecular weight excluding hydrogens is 255 g/mol. The second-order valence-corrected chi connectivity index (χ2v) is 4.88. The minimum Gasteiger partial charge on any atom is -0.483 e. The summed E-state index contributed by atoms with van der Waals surface area (Å²) in [4.78, 5) is 12.3. The molecule has 2 aromatic rings. The van der Waals surface area contributed by atoms with Crippen LogP contribution in [0.5, 0.6) is 5.75 Å². The van der Waals surface area contributed by atoms with E-state index in [1.165, 1.54) is 24.3 Å². The zero-order valence-electron chi connectivity index (χ0n) is 11.8. The number of aryl methyl sites for hydroxylation is 2. The van der Waals surface area contributed by atoms with Crippen molar-refractivity contribution in [1.29, 1.82) is 0 Å². The van der Waals surface area contributed by atoms with Crippen LogP contribution in [0, 0.1) is 19.7 Å². The molecule has 104 valence electrons. The summed E-state index contributed by atoms with van der Waals surface area (Å²) in [6.07, 6.45) is -0.609. The fourth-order valence-electron chi connectivity index (χ4n) is 1.90. The van der Waals surface area contributed by atoms with Crippen LogP contribution in [0.1, 0.15) is 28.4 Å². The predicted molar refractivity (Wildman–Crippen MR) is 76.7 cm³/mol. The van der Waals surface area contributed by atoms with Crippen LogP contribution < -0.4 is 4.74 Å². The summed E-state index contributed by atoms with van der Waals surface area (Å²) in [6, 6.07) is 11.2. The van der Waals surface area contributed by atoms with Gasteiger partial charge in [0.25, 0.3) is 0 Å². The van der Waals surface area contributed by atoms with Gasteiger partial charge in [0.05, 0.1) is 0 Å². The lowest BCUT2D eigenvalue weighted by Crippen LogP contribution is -2.24. The second-order valence-electron chi connectivity index (χ2n) is 4.88. The number of carbonyl (C=O) groups is 1. The summed E-state index contributed by atoms with van der Waals surface area (Å²) in [5, 5.41) is 0. The Morgan fingerprint density at radius 2 is 1.70 bits per heavy atom.